The molecule has 1 aromatic carbocycles. The van der Waals surface area contributed by atoms with Gasteiger partial charge in [0.2, 0.25) is 0 Å². The molecule has 0 aromatic heterocycles. The van der Waals surface area contributed by atoms with E-state index in [4.69, 9.17) is 10.8 Å². The van der Waals surface area contributed by atoms with Crippen LogP contribution in [0.15, 0.2) is 24.3 Å². The highest BCUT2D eigenvalue weighted by molar-refractivity contribution is 5.67. The maximum Gasteiger partial charge on any atom is 0.303 e. The van der Waals surface area contributed by atoms with Gasteiger partial charge >= 0.3 is 5.97 Å². The Balaban J connectivity index is 2.58. The predicted octanol–water partition coefficient (Wildman–Crippen LogP) is 2.25. The summed E-state index contributed by atoms with van der Waals surface area (Å²) in [7, 11) is 0. The lowest BCUT2D eigenvalue weighted by Gasteiger charge is -2.31. The molecule has 0 saturated heterocycles. The van der Waals surface area contributed by atoms with E-state index in [2.05, 4.69) is 5.32 Å². The molecule has 18 heavy (non-hydrogen) atoms. The Kier molecular flexibility index (Phi) is 4.73. The number of aliphatic carboxylic acids is 1. The highest BCUT2D eigenvalue weighted by atomic mass is 16.4. The van der Waals surface area contributed by atoms with Gasteiger partial charge in [-0.3, -0.25) is 4.79 Å². The summed E-state index contributed by atoms with van der Waals surface area (Å²) in [6.07, 6.45) is 0.144. The van der Waals surface area contributed by atoms with E-state index in [0.29, 0.717) is 6.54 Å². The van der Waals surface area contributed by atoms with Crippen molar-refractivity contribution in [2.24, 2.45) is 5.41 Å². The van der Waals surface area contributed by atoms with E-state index in [0.717, 1.165) is 11.3 Å². The summed E-state index contributed by atoms with van der Waals surface area (Å²) >= 11 is 0. The first-order chi connectivity index (χ1) is 8.33. The number of benzene rings is 1. The Morgan fingerprint density at radius 2 is 2.06 bits per heavy atom. The zero-order valence-corrected chi connectivity index (χ0v) is 11.2. The zero-order valence-electron chi connectivity index (χ0n) is 11.2. The van der Waals surface area contributed by atoms with Crippen molar-refractivity contribution in [3.05, 3.63) is 29.8 Å². The number of anilines is 1. The van der Waals surface area contributed by atoms with Crippen LogP contribution in [-0.2, 0) is 11.3 Å². The average Bonchev–Trinajstić information content (AvgIpc) is 2.25. The van der Waals surface area contributed by atoms with Crippen LogP contribution in [0.25, 0.3) is 0 Å². The van der Waals surface area contributed by atoms with Gasteiger partial charge in [-0.05, 0) is 24.0 Å². The van der Waals surface area contributed by atoms with Crippen molar-refractivity contribution in [3.8, 4) is 0 Å². The van der Waals surface area contributed by atoms with Crippen molar-refractivity contribution in [3.63, 3.8) is 0 Å². The fourth-order valence-corrected chi connectivity index (χ4v) is 1.78. The molecule has 0 bridgehead atoms. The van der Waals surface area contributed by atoms with Crippen molar-refractivity contribution in [2.75, 3.05) is 5.73 Å². The van der Waals surface area contributed by atoms with Crippen molar-refractivity contribution < 1.29 is 9.90 Å². The topological polar surface area (TPSA) is 75.3 Å². The molecule has 4 nitrogen and oxygen atoms in total. The van der Waals surface area contributed by atoms with E-state index in [1.807, 2.05) is 45.0 Å². The maximum atomic E-state index is 10.8. The second-order valence-electron chi connectivity index (χ2n) is 5.36. The minimum Gasteiger partial charge on any atom is -0.481 e. The monoisotopic (exact) mass is 250 g/mol. The highest BCUT2D eigenvalue weighted by Crippen LogP contribution is 2.25. The molecule has 0 aliphatic heterocycles. The normalized spacial score (nSPS) is 13.3. The highest BCUT2D eigenvalue weighted by Gasteiger charge is 2.28. The van der Waals surface area contributed by atoms with Crippen molar-refractivity contribution >= 4 is 11.7 Å². The number of carbonyl (C=O) groups is 1. The molecule has 0 spiro atoms. The van der Waals surface area contributed by atoms with Crippen LogP contribution in [0.3, 0.4) is 0 Å². The van der Waals surface area contributed by atoms with Crippen LogP contribution >= 0.6 is 0 Å². The summed E-state index contributed by atoms with van der Waals surface area (Å²) in [5, 5.41) is 12.2. The largest absolute Gasteiger partial charge is 0.481 e. The summed E-state index contributed by atoms with van der Waals surface area (Å²) in [5.74, 6) is -0.770. The third kappa shape index (κ3) is 4.04. The molecule has 0 fully saturated rings. The molecule has 1 atom stereocenters. The first-order valence-electron chi connectivity index (χ1n) is 6.11. The van der Waals surface area contributed by atoms with Gasteiger partial charge in [-0.1, -0.05) is 32.0 Å². The van der Waals surface area contributed by atoms with Gasteiger partial charge in [0.1, 0.15) is 0 Å². The number of rotatable bonds is 6. The summed E-state index contributed by atoms with van der Waals surface area (Å²) in [4.78, 5) is 10.8. The Hall–Kier alpha value is -1.55. The lowest BCUT2D eigenvalue weighted by atomic mass is 9.82. The average molecular weight is 250 g/mol. The Morgan fingerprint density at radius 1 is 1.44 bits per heavy atom. The van der Waals surface area contributed by atoms with E-state index in [-0.39, 0.29) is 17.9 Å². The van der Waals surface area contributed by atoms with Gasteiger partial charge < -0.3 is 16.2 Å². The third-order valence-corrected chi connectivity index (χ3v) is 3.43. The van der Waals surface area contributed by atoms with E-state index in [1.165, 1.54) is 0 Å². The number of nitrogens with one attached hydrogen (secondary N) is 1. The van der Waals surface area contributed by atoms with Crippen LogP contribution in [-0.4, -0.2) is 17.1 Å². The maximum absolute atomic E-state index is 10.8. The molecular weight excluding hydrogens is 228 g/mol. The van der Waals surface area contributed by atoms with Crippen LogP contribution in [0.1, 0.15) is 32.8 Å². The minimum atomic E-state index is -0.770. The summed E-state index contributed by atoms with van der Waals surface area (Å²) < 4.78 is 0. The van der Waals surface area contributed by atoms with Gasteiger partial charge in [-0.2, -0.15) is 0 Å². The van der Waals surface area contributed by atoms with E-state index < -0.39 is 5.97 Å². The number of carboxylic acids is 1. The molecule has 1 unspecified atom stereocenters. The Morgan fingerprint density at radius 3 is 2.61 bits per heavy atom. The van der Waals surface area contributed by atoms with Gasteiger partial charge in [0.05, 0.1) is 6.42 Å². The smallest absolute Gasteiger partial charge is 0.303 e. The molecule has 100 valence electrons. The van der Waals surface area contributed by atoms with Crippen LogP contribution < -0.4 is 11.1 Å². The van der Waals surface area contributed by atoms with Crippen LogP contribution in [0.5, 0.6) is 0 Å². The molecule has 4 N–H and O–H groups in total. The van der Waals surface area contributed by atoms with E-state index >= 15 is 0 Å². The zero-order chi connectivity index (χ0) is 13.8. The standard InChI is InChI=1S/C14H22N2O2/c1-10(14(2,3)8-13(17)18)16-9-11-6-4-5-7-12(11)15/h4-7,10,16H,8-9,15H2,1-3H3,(H,17,18). The molecule has 0 aliphatic carbocycles. The van der Waals surface area contributed by atoms with Gasteiger partial charge in [-0.25, -0.2) is 0 Å². The number of hydrogen-bond acceptors (Lipinski definition) is 3. The van der Waals surface area contributed by atoms with Gasteiger partial charge in [-0.15, -0.1) is 0 Å². The Labute approximate surface area is 108 Å². The quantitative estimate of drug-likeness (QED) is 0.677. The summed E-state index contributed by atoms with van der Waals surface area (Å²) in [6, 6.07) is 7.77. The lowest BCUT2D eigenvalue weighted by Crippen LogP contribution is -2.40. The molecule has 1 rings (SSSR count). The van der Waals surface area contributed by atoms with Crippen molar-refractivity contribution in [2.45, 2.75) is 39.8 Å². The van der Waals surface area contributed by atoms with Crippen LogP contribution in [0.2, 0.25) is 0 Å². The summed E-state index contributed by atoms with van der Waals surface area (Å²) in [6.45, 7) is 6.55. The van der Waals surface area contributed by atoms with Gasteiger partial charge in [0.25, 0.3) is 0 Å². The molecular formula is C14H22N2O2. The second kappa shape index (κ2) is 5.87. The third-order valence-electron chi connectivity index (χ3n) is 3.43. The van der Waals surface area contributed by atoms with Crippen LogP contribution in [0, 0.1) is 5.41 Å². The molecule has 0 aliphatic rings. The minimum absolute atomic E-state index is 0.0909. The molecule has 0 amide bonds. The molecule has 4 heteroatoms. The number of nitrogens with two attached hydrogens (primary N) is 1. The van der Waals surface area contributed by atoms with Crippen molar-refractivity contribution in [1.82, 2.24) is 5.32 Å². The predicted molar refractivity (Wildman–Crippen MR) is 73.2 cm³/mol. The lowest BCUT2D eigenvalue weighted by molar-refractivity contribution is -0.139. The summed E-state index contributed by atoms with van der Waals surface area (Å²) in [5.41, 5.74) is 7.36. The fraction of sp³-hybridized carbons (Fsp3) is 0.500. The molecule has 0 heterocycles. The number of hydrogen-bond donors (Lipinski definition) is 3. The number of carboxylic acid groups (broad SMARTS) is 1. The first kappa shape index (κ1) is 14.5. The molecule has 1 aromatic rings. The van der Waals surface area contributed by atoms with Gasteiger partial charge in [0, 0.05) is 18.3 Å². The first-order valence-corrected chi connectivity index (χ1v) is 6.11. The molecule has 0 saturated carbocycles. The van der Waals surface area contributed by atoms with E-state index in [1.54, 1.807) is 0 Å². The second-order valence-corrected chi connectivity index (χ2v) is 5.36. The number of para-hydroxylation sites is 1. The van der Waals surface area contributed by atoms with Crippen LogP contribution in [0.4, 0.5) is 5.69 Å². The number of nitrogen functional groups attached to an aromatic ring is 1. The van der Waals surface area contributed by atoms with Gasteiger partial charge in [0.15, 0.2) is 0 Å². The Bertz CT molecular complexity index is 416. The molecule has 0 radical (unpaired) electrons. The van der Waals surface area contributed by atoms with Crippen molar-refractivity contribution in [1.29, 1.82) is 0 Å². The fourth-order valence-electron chi connectivity index (χ4n) is 1.78. The van der Waals surface area contributed by atoms with E-state index in [9.17, 15) is 4.79 Å². The SMILES string of the molecule is CC(NCc1ccccc1N)C(C)(C)CC(=O)O.